The zero-order valence-electron chi connectivity index (χ0n) is 15.8. The molecule has 31 heavy (non-hydrogen) atoms. The number of hydrazone groups is 1. The molecule has 1 fully saturated rings. The molecule has 1 aliphatic rings. The average Bonchev–Trinajstić information content (AvgIpc) is 3.26. The fraction of sp³-hybridized carbons (Fsp3) is 0.294. The van der Waals surface area contributed by atoms with Crippen LogP contribution in [-0.2, 0) is 4.74 Å². The predicted octanol–water partition coefficient (Wildman–Crippen LogP) is -0.626. The predicted molar refractivity (Wildman–Crippen MR) is 107 cm³/mol. The first-order chi connectivity index (χ1) is 14.9. The highest BCUT2D eigenvalue weighted by Crippen LogP contribution is 2.35. The molecular weight excluding hydrogens is 412 g/mol. The summed E-state index contributed by atoms with van der Waals surface area (Å²) < 4.78 is 6.91. The first-order valence-electron chi connectivity index (χ1n) is 9.05. The Balaban J connectivity index is 1.69. The van der Waals surface area contributed by atoms with Gasteiger partial charge in [0.1, 0.15) is 24.6 Å². The summed E-state index contributed by atoms with van der Waals surface area (Å²) >= 11 is 0. The zero-order chi connectivity index (χ0) is 22.1. The summed E-state index contributed by atoms with van der Waals surface area (Å²) in [7, 11) is 0. The van der Waals surface area contributed by atoms with Crippen LogP contribution in [-0.4, -0.2) is 70.9 Å². The van der Waals surface area contributed by atoms with Gasteiger partial charge in [0.2, 0.25) is 5.95 Å². The number of nitrogens with one attached hydrogen (secondary N) is 1. The van der Waals surface area contributed by atoms with Crippen molar-refractivity contribution in [2.75, 3.05) is 17.8 Å². The molecule has 4 atom stereocenters. The molecule has 0 bridgehead atoms. The third-order valence-electron chi connectivity index (χ3n) is 4.74. The number of aliphatic hydroxyl groups excluding tert-OH is 3. The molecule has 14 nitrogen and oxygen atoms in total. The SMILES string of the molecule is Nc1ncnc2c1nc(N/N=C\c1cccc([N+](=O)[O-])c1)n2[C@H]1O[C@@H](CO)[C@H](O)[C@@H]1O. The molecule has 1 saturated heterocycles. The lowest BCUT2D eigenvalue weighted by Crippen LogP contribution is -2.33. The van der Waals surface area contributed by atoms with Crippen LogP contribution in [0.2, 0.25) is 0 Å². The van der Waals surface area contributed by atoms with Crippen LogP contribution in [0.3, 0.4) is 0 Å². The van der Waals surface area contributed by atoms with Gasteiger partial charge in [-0.15, -0.1) is 0 Å². The Kier molecular flexibility index (Phi) is 5.43. The van der Waals surface area contributed by atoms with Gasteiger partial charge in [-0.05, 0) is 0 Å². The Hall–Kier alpha value is -3.72. The lowest BCUT2D eigenvalue weighted by Gasteiger charge is -2.18. The third kappa shape index (κ3) is 3.75. The van der Waals surface area contributed by atoms with E-state index in [4.69, 9.17) is 10.5 Å². The standard InChI is InChI=1S/C17H18N8O6/c18-14-11-15(20-7-19-14)24(16-13(28)12(27)10(6-26)31-16)17(22-11)23-21-5-8-2-1-3-9(4-8)25(29)30/h1-5,7,10,12-13,16,26-28H,6H2,(H,22,23)(H2,18,19,20)/b21-5-/t10-,12-,13-,16-/m0/s1. The number of ether oxygens (including phenoxy) is 1. The minimum absolute atomic E-state index is 0.0544. The number of nitrogen functional groups attached to an aromatic ring is 1. The summed E-state index contributed by atoms with van der Waals surface area (Å²) in [6, 6.07) is 5.83. The second kappa shape index (κ2) is 8.19. The molecule has 0 spiro atoms. The van der Waals surface area contributed by atoms with E-state index in [0.717, 1.165) is 0 Å². The number of hydrogen-bond acceptors (Lipinski definition) is 12. The van der Waals surface area contributed by atoms with Crippen molar-refractivity contribution in [3.8, 4) is 0 Å². The van der Waals surface area contributed by atoms with E-state index in [9.17, 15) is 25.4 Å². The van der Waals surface area contributed by atoms with Crippen LogP contribution in [0, 0.1) is 10.1 Å². The highest BCUT2D eigenvalue weighted by atomic mass is 16.6. The summed E-state index contributed by atoms with van der Waals surface area (Å²) in [5, 5.41) is 44.9. The first-order valence-corrected chi connectivity index (χ1v) is 9.05. The molecule has 3 aromatic rings. The molecule has 6 N–H and O–H groups in total. The number of nitro groups is 1. The van der Waals surface area contributed by atoms with Crippen molar-refractivity contribution in [1.82, 2.24) is 19.5 Å². The van der Waals surface area contributed by atoms with Crippen LogP contribution in [0.1, 0.15) is 11.8 Å². The molecule has 0 saturated carbocycles. The second-order valence-electron chi connectivity index (χ2n) is 6.69. The van der Waals surface area contributed by atoms with E-state index in [2.05, 4.69) is 25.5 Å². The van der Waals surface area contributed by atoms with Crippen LogP contribution in [0.15, 0.2) is 35.7 Å². The Morgan fingerprint density at radius 2 is 2.16 bits per heavy atom. The lowest BCUT2D eigenvalue weighted by molar-refractivity contribution is -0.384. The number of hydrogen-bond donors (Lipinski definition) is 5. The minimum Gasteiger partial charge on any atom is -0.394 e. The number of fused-ring (bicyclic) bond motifs is 1. The Bertz CT molecular complexity index is 1150. The van der Waals surface area contributed by atoms with Crippen molar-refractivity contribution < 1.29 is 25.0 Å². The van der Waals surface area contributed by atoms with E-state index in [1.165, 1.54) is 35.3 Å². The highest BCUT2D eigenvalue weighted by molar-refractivity contribution is 5.85. The van der Waals surface area contributed by atoms with Crippen molar-refractivity contribution in [2.24, 2.45) is 5.10 Å². The van der Waals surface area contributed by atoms with Crippen molar-refractivity contribution >= 4 is 34.8 Å². The van der Waals surface area contributed by atoms with E-state index < -0.39 is 36.1 Å². The maximum atomic E-state index is 10.9. The third-order valence-corrected chi connectivity index (χ3v) is 4.74. The smallest absolute Gasteiger partial charge is 0.270 e. The lowest BCUT2D eigenvalue weighted by atomic mass is 10.1. The van der Waals surface area contributed by atoms with Crippen LogP contribution in [0.4, 0.5) is 17.5 Å². The number of benzene rings is 1. The number of anilines is 2. The van der Waals surface area contributed by atoms with Gasteiger partial charge in [0.15, 0.2) is 23.2 Å². The van der Waals surface area contributed by atoms with Gasteiger partial charge >= 0.3 is 0 Å². The van der Waals surface area contributed by atoms with Gasteiger partial charge in [0.05, 0.1) is 17.7 Å². The number of nitro benzene ring substituents is 1. The monoisotopic (exact) mass is 430 g/mol. The highest BCUT2D eigenvalue weighted by Gasteiger charge is 2.45. The summed E-state index contributed by atoms with van der Waals surface area (Å²) in [6.07, 6.45) is -2.37. The number of imidazole rings is 1. The number of aromatic nitrogens is 4. The number of rotatable bonds is 6. The van der Waals surface area contributed by atoms with Crippen molar-refractivity contribution in [3.05, 3.63) is 46.3 Å². The van der Waals surface area contributed by atoms with E-state index in [-0.39, 0.29) is 28.6 Å². The van der Waals surface area contributed by atoms with E-state index in [0.29, 0.717) is 5.56 Å². The molecule has 1 aliphatic heterocycles. The summed E-state index contributed by atoms with van der Waals surface area (Å²) in [6.45, 7) is -0.508. The summed E-state index contributed by atoms with van der Waals surface area (Å²) in [5.41, 5.74) is 9.30. The molecular formula is C17H18N8O6. The fourth-order valence-corrected chi connectivity index (χ4v) is 3.22. The zero-order valence-corrected chi connectivity index (χ0v) is 15.8. The minimum atomic E-state index is -1.40. The molecule has 1 aromatic carbocycles. The maximum absolute atomic E-state index is 10.9. The maximum Gasteiger partial charge on any atom is 0.270 e. The first kappa shape index (κ1) is 20.5. The molecule has 0 aliphatic carbocycles. The van der Waals surface area contributed by atoms with E-state index in [1.54, 1.807) is 6.07 Å². The summed E-state index contributed by atoms with van der Waals surface area (Å²) in [5.74, 6) is 0.125. The molecule has 0 unspecified atom stereocenters. The van der Waals surface area contributed by atoms with Crippen molar-refractivity contribution in [3.63, 3.8) is 0 Å². The Morgan fingerprint density at radius 3 is 2.87 bits per heavy atom. The van der Waals surface area contributed by atoms with Crippen LogP contribution >= 0.6 is 0 Å². The van der Waals surface area contributed by atoms with Gasteiger partial charge < -0.3 is 25.8 Å². The molecule has 0 amide bonds. The topological polar surface area (TPSA) is 207 Å². The van der Waals surface area contributed by atoms with Gasteiger partial charge in [-0.3, -0.25) is 14.7 Å². The van der Waals surface area contributed by atoms with Gasteiger partial charge in [0, 0.05) is 17.7 Å². The Morgan fingerprint density at radius 1 is 1.35 bits per heavy atom. The largest absolute Gasteiger partial charge is 0.394 e. The van der Waals surface area contributed by atoms with Gasteiger partial charge in [-0.1, -0.05) is 12.1 Å². The van der Waals surface area contributed by atoms with Crippen LogP contribution in [0.25, 0.3) is 11.2 Å². The fourth-order valence-electron chi connectivity index (χ4n) is 3.22. The molecule has 162 valence electrons. The Labute approximate surface area is 173 Å². The van der Waals surface area contributed by atoms with Crippen LogP contribution < -0.4 is 11.2 Å². The summed E-state index contributed by atoms with van der Waals surface area (Å²) in [4.78, 5) is 22.7. The molecule has 14 heteroatoms. The molecule has 2 aromatic heterocycles. The average molecular weight is 430 g/mol. The quantitative estimate of drug-likeness (QED) is 0.189. The molecule has 3 heterocycles. The van der Waals surface area contributed by atoms with Gasteiger partial charge in [0.25, 0.3) is 5.69 Å². The van der Waals surface area contributed by atoms with Crippen molar-refractivity contribution in [2.45, 2.75) is 24.5 Å². The molecule has 4 rings (SSSR count). The normalized spacial score (nSPS) is 23.6. The van der Waals surface area contributed by atoms with Crippen molar-refractivity contribution in [1.29, 1.82) is 0 Å². The number of aliphatic hydroxyl groups is 3. The number of non-ortho nitro benzene ring substituents is 1. The number of nitrogens with zero attached hydrogens (tertiary/aromatic N) is 6. The second-order valence-corrected chi connectivity index (χ2v) is 6.69. The van der Waals surface area contributed by atoms with Gasteiger partial charge in [-0.2, -0.15) is 5.10 Å². The number of nitrogens with two attached hydrogens (primary N) is 1. The van der Waals surface area contributed by atoms with E-state index >= 15 is 0 Å². The molecule has 0 radical (unpaired) electrons. The van der Waals surface area contributed by atoms with Crippen LogP contribution in [0.5, 0.6) is 0 Å². The van der Waals surface area contributed by atoms with E-state index in [1.807, 2.05) is 0 Å². The van der Waals surface area contributed by atoms with Gasteiger partial charge in [-0.25, -0.2) is 20.4 Å².